The average molecular weight is 291 g/mol. The number of anilines is 1. The van der Waals surface area contributed by atoms with Gasteiger partial charge in [-0.15, -0.1) is 11.3 Å². The van der Waals surface area contributed by atoms with E-state index >= 15 is 0 Å². The fraction of sp³-hybridized carbons (Fsp3) is 0.231. The van der Waals surface area contributed by atoms with Gasteiger partial charge in [0.05, 0.1) is 22.7 Å². The molecule has 0 atom stereocenters. The van der Waals surface area contributed by atoms with Crippen molar-refractivity contribution in [3.8, 4) is 0 Å². The Kier molecular flexibility index (Phi) is 4.09. The van der Waals surface area contributed by atoms with Crippen LogP contribution in [0, 0.1) is 10.1 Å². The number of Topliss-reactive ketones (excluding diaryl/α,β-unsaturated/α-hetero) is 1. The van der Waals surface area contributed by atoms with Crippen molar-refractivity contribution in [1.29, 1.82) is 0 Å². The maximum absolute atomic E-state index is 11.7. The highest BCUT2D eigenvalue weighted by atomic mass is 32.1. The molecule has 1 aromatic heterocycles. The molecule has 7 heteroatoms. The molecule has 2 rings (SSSR count). The molecule has 0 fully saturated rings. The first-order chi connectivity index (χ1) is 9.49. The molecular formula is C13H13N3O3S. The molecule has 0 N–H and O–H groups in total. The Balaban J connectivity index is 2.35. The maximum atomic E-state index is 11.7. The molecule has 0 radical (unpaired) electrons. The third kappa shape index (κ3) is 3.00. The normalized spacial score (nSPS) is 10.3. The number of hydrogen-bond donors (Lipinski definition) is 0. The molecule has 6 nitrogen and oxygen atoms in total. The second-order valence-corrected chi connectivity index (χ2v) is 5.07. The summed E-state index contributed by atoms with van der Waals surface area (Å²) in [6.45, 7) is 1.95. The molecule has 0 spiro atoms. The largest absolute Gasteiger partial charge is 0.368 e. The van der Waals surface area contributed by atoms with Crippen LogP contribution in [0.5, 0.6) is 0 Å². The van der Waals surface area contributed by atoms with E-state index in [-0.39, 0.29) is 11.5 Å². The van der Waals surface area contributed by atoms with E-state index in [0.29, 0.717) is 17.8 Å². The summed E-state index contributed by atoms with van der Waals surface area (Å²) in [7, 11) is 1.83. The van der Waals surface area contributed by atoms with Crippen LogP contribution in [0.1, 0.15) is 23.0 Å². The van der Waals surface area contributed by atoms with Crippen molar-refractivity contribution in [1.82, 2.24) is 4.98 Å². The summed E-state index contributed by atoms with van der Waals surface area (Å²) in [5.41, 5.74) is 3.56. The van der Waals surface area contributed by atoms with Crippen LogP contribution in [0.15, 0.2) is 29.1 Å². The molecule has 1 aromatic carbocycles. The molecule has 0 saturated carbocycles. The Labute approximate surface area is 119 Å². The van der Waals surface area contributed by atoms with Crippen LogP contribution >= 0.6 is 11.3 Å². The number of benzene rings is 1. The van der Waals surface area contributed by atoms with Crippen molar-refractivity contribution in [2.45, 2.75) is 13.5 Å². The van der Waals surface area contributed by atoms with Gasteiger partial charge in [0.2, 0.25) is 0 Å². The lowest BCUT2D eigenvalue weighted by Crippen LogP contribution is -2.19. The second-order valence-electron chi connectivity index (χ2n) is 4.35. The quantitative estimate of drug-likeness (QED) is 0.481. The Bertz CT molecular complexity index is 640. The van der Waals surface area contributed by atoms with Gasteiger partial charge in [-0.3, -0.25) is 14.9 Å². The Morgan fingerprint density at radius 2 is 2.25 bits per heavy atom. The van der Waals surface area contributed by atoms with Gasteiger partial charge in [0.1, 0.15) is 0 Å². The van der Waals surface area contributed by atoms with Crippen molar-refractivity contribution in [3.63, 3.8) is 0 Å². The van der Waals surface area contributed by atoms with Gasteiger partial charge in [0.25, 0.3) is 5.69 Å². The monoisotopic (exact) mass is 291 g/mol. The molecular weight excluding hydrogens is 278 g/mol. The number of nitro groups is 1. The number of hydrogen-bond acceptors (Lipinski definition) is 6. The van der Waals surface area contributed by atoms with Crippen molar-refractivity contribution in [2.75, 3.05) is 11.9 Å². The van der Waals surface area contributed by atoms with Crippen LogP contribution in [0.25, 0.3) is 0 Å². The molecule has 0 unspecified atom stereocenters. The van der Waals surface area contributed by atoms with E-state index in [0.717, 1.165) is 5.69 Å². The summed E-state index contributed by atoms with van der Waals surface area (Å²) in [5.74, 6) is -0.200. The summed E-state index contributed by atoms with van der Waals surface area (Å²) in [6, 6.07) is 4.32. The van der Waals surface area contributed by atoms with E-state index in [9.17, 15) is 14.9 Å². The summed E-state index contributed by atoms with van der Waals surface area (Å²) in [5, 5.41) is 12.7. The first-order valence-corrected chi connectivity index (χ1v) is 6.81. The van der Waals surface area contributed by atoms with E-state index in [1.807, 2.05) is 17.3 Å². The van der Waals surface area contributed by atoms with Crippen LogP contribution in [0.2, 0.25) is 0 Å². The van der Waals surface area contributed by atoms with Crippen molar-refractivity contribution in [3.05, 3.63) is 50.5 Å². The van der Waals surface area contributed by atoms with Crippen molar-refractivity contribution in [2.24, 2.45) is 0 Å². The van der Waals surface area contributed by atoms with Crippen LogP contribution in [0.4, 0.5) is 11.4 Å². The number of thiazole rings is 1. The highest BCUT2D eigenvalue weighted by molar-refractivity contribution is 7.07. The fourth-order valence-corrected chi connectivity index (χ4v) is 2.45. The van der Waals surface area contributed by atoms with Gasteiger partial charge in [-0.2, -0.15) is 0 Å². The average Bonchev–Trinajstić information content (AvgIpc) is 2.90. The molecule has 0 bridgehead atoms. The minimum Gasteiger partial charge on any atom is -0.368 e. The molecule has 0 aliphatic heterocycles. The zero-order valence-corrected chi connectivity index (χ0v) is 11.9. The minimum atomic E-state index is -0.503. The molecule has 0 aliphatic carbocycles. The summed E-state index contributed by atoms with van der Waals surface area (Å²) >= 11 is 1.50. The first kappa shape index (κ1) is 14.1. The van der Waals surface area contributed by atoms with Crippen molar-refractivity contribution >= 4 is 28.5 Å². The lowest BCUT2D eigenvalue weighted by Gasteiger charge is -2.20. The van der Waals surface area contributed by atoms with Crippen LogP contribution < -0.4 is 4.90 Å². The number of nitro benzene ring substituents is 1. The summed E-state index contributed by atoms with van der Waals surface area (Å²) in [6.07, 6.45) is 0. The molecule has 2 aromatic rings. The Morgan fingerprint density at radius 1 is 1.50 bits per heavy atom. The lowest BCUT2D eigenvalue weighted by molar-refractivity contribution is -0.384. The molecule has 20 heavy (non-hydrogen) atoms. The highest BCUT2D eigenvalue weighted by Gasteiger charge is 2.16. The Morgan fingerprint density at radius 3 is 2.80 bits per heavy atom. The van der Waals surface area contributed by atoms with Gasteiger partial charge < -0.3 is 4.90 Å². The summed E-state index contributed by atoms with van der Waals surface area (Å²) in [4.78, 5) is 28.0. The second kappa shape index (κ2) is 5.79. The Hall–Kier alpha value is -2.28. The zero-order valence-electron chi connectivity index (χ0n) is 11.1. The molecule has 104 valence electrons. The van der Waals surface area contributed by atoms with E-state index in [2.05, 4.69) is 4.98 Å². The number of carbonyl (C=O) groups is 1. The standard InChI is InChI=1S/C13H13N3O3S/c1-9(17)12-5-11(16(18)19)3-4-13(12)15(2)6-10-7-20-8-14-10/h3-5,7-8H,6H2,1-2H3. The van der Waals surface area contributed by atoms with Gasteiger partial charge in [-0.05, 0) is 13.0 Å². The number of non-ortho nitro benzene ring substituents is 1. The van der Waals surface area contributed by atoms with Gasteiger partial charge >= 0.3 is 0 Å². The topological polar surface area (TPSA) is 76.3 Å². The first-order valence-electron chi connectivity index (χ1n) is 5.86. The van der Waals surface area contributed by atoms with Crippen LogP contribution in [-0.4, -0.2) is 22.7 Å². The lowest BCUT2D eigenvalue weighted by atomic mass is 10.1. The highest BCUT2D eigenvalue weighted by Crippen LogP contribution is 2.26. The van der Waals surface area contributed by atoms with E-state index in [4.69, 9.17) is 0 Å². The molecule has 0 amide bonds. The number of aromatic nitrogens is 1. The van der Waals surface area contributed by atoms with Gasteiger partial charge in [0.15, 0.2) is 5.78 Å². The fourth-order valence-electron chi connectivity index (χ4n) is 1.90. The minimum absolute atomic E-state index is 0.0824. The predicted molar refractivity (Wildman–Crippen MR) is 77.3 cm³/mol. The number of nitrogens with zero attached hydrogens (tertiary/aromatic N) is 3. The zero-order chi connectivity index (χ0) is 14.7. The number of ketones is 1. The van der Waals surface area contributed by atoms with Gasteiger partial charge in [-0.1, -0.05) is 0 Å². The van der Waals surface area contributed by atoms with Crippen LogP contribution in [-0.2, 0) is 6.54 Å². The third-order valence-corrected chi connectivity index (χ3v) is 3.50. The predicted octanol–water partition coefficient (Wildman–Crippen LogP) is 2.89. The maximum Gasteiger partial charge on any atom is 0.270 e. The van der Waals surface area contributed by atoms with Gasteiger partial charge in [-0.25, -0.2) is 4.98 Å². The summed E-state index contributed by atoms with van der Waals surface area (Å²) < 4.78 is 0. The smallest absolute Gasteiger partial charge is 0.270 e. The van der Waals surface area contributed by atoms with E-state index in [1.165, 1.54) is 30.4 Å². The van der Waals surface area contributed by atoms with E-state index < -0.39 is 4.92 Å². The van der Waals surface area contributed by atoms with Gasteiger partial charge in [0, 0.05) is 35.8 Å². The van der Waals surface area contributed by atoms with Crippen LogP contribution in [0.3, 0.4) is 0 Å². The molecule has 1 heterocycles. The van der Waals surface area contributed by atoms with Crippen molar-refractivity contribution < 1.29 is 9.72 Å². The van der Waals surface area contributed by atoms with E-state index in [1.54, 1.807) is 11.6 Å². The number of carbonyl (C=O) groups excluding carboxylic acids is 1. The third-order valence-electron chi connectivity index (χ3n) is 2.86. The molecule has 0 aliphatic rings. The number of rotatable bonds is 5. The molecule has 0 saturated heterocycles. The SMILES string of the molecule is CC(=O)c1cc([N+](=O)[O-])ccc1N(C)Cc1cscn1.